The minimum absolute atomic E-state index is 0.0438. The Labute approximate surface area is 78.7 Å². The van der Waals surface area contributed by atoms with E-state index >= 15 is 0 Å². The Balaban J connectivity index is 0. The summed E-state index contributed by atoms with van der Waals surface area (Å²) in [4.78, 5) is 29.9. The van der Waals surface area contributed by atoms with Crippen molar-refractivity contribution in [3.63, 3.8) is 0 Å². The fourth-order valence-electron chi connectivity index (χ4n) is 0.575. The molecule has 0 fully saturated rings. The number of carbonyl (C=O) groups is 3. The number of hydrogen-bond donors (Lipinski definition) is 1. The predicted molar refractivity (Wildman–Crippen MR) is 50.3 cm³/mol. The molecule has 0 aliphatic rings. The van der Waals surface area contributed by atoms with Gasteiger partial charge in [0.05, 0.1) is 0 Å². The van der Waals surface area contributed by atoms with Crippen LogP contribution >= 0.6 is 0 Å². The molecule has 0 saturated carbocycles. The molecule has 4 heteroatoms. The van der Waals surface area contributed by atoms with Gasteiger partial charge in [-0.15, -0.1) is 0 Å². The van der Waals surface area contributed by atoms with E-state index < -0.39 is 0 Å². The van der Waals surface area contributed by atoms with E-state index in [2.05, 4.69) is 5.32 Å². The van der Waals surface area contributed by atoms with Crippen LogP contribution < -0.4 is 5.32 Å². The second-order valence-corrected chi connectivity index (χ2v) is 2.39. The maximum absolute atomic E-state index is 10.7. The van der Waals surface area contributed by atoms with E-state index in [-0.39, 0.29) is 11.7 Å². The topological polar surface area (TPSA) is 63.2 Å². The zero-order chi connectivity index (χ0) is 10.7. The number of hydrogen-bond acceptors (Lipinski definition) is 3. The highest BCUT2D eigenvalue weighted by Crippen LogP contribution is 1.88. The van der Waals surface area contributed by atoms with Crippen molar-refractivity contribution in [2.24, 2.45) is 0 Å². The Kier molecular flexibility index (Phi) is 11.9. The van der Waals surface area contributed by atoms with Crippen molar-refractivity contribution in [2.75, 3.05) is 6.54 Å². The van der Waals surface area contributed by atoms with Gasteiger partial charge in [0.1, 0.15) is 12.1 Å². The molecule has 0 aliphatic heterocycles. The third-order valence-corrected chi connectivity index (χ3v) is 1.08. The van der Waals surface area contributed by atoms with Crippen LogP contribution in [0.5, 0.6) is 0 Å². The van der Waals surface area contributed by atoms with Gasteiger partial charge in [-0.25, -0.2) is 0 Å². The molecular formula is C9H17NO3. The maximum Gasteiger partial charge on any atom is 0.220 e. The van der Waals surface area contributed by atoms with Gasteiger partial charge in [-0.1, -0.05) is 0 Å². The van der Waals surface area contributed by atoms with Crippen LogP contribution in [0.1, 0.15) is 33.6 Å². The van der Waals surface area contributed by atoms with Crippen LogP contribution in [0, 0.1) is 0 Å². The Morgan fingerprint density at radius 1 is 1.31 bits per heavy atom. The van der Waals surface area contributed by atoms with Crippen molar-refractivity contribution in [1.82, 2.24) is 5.32 Å². The second kappa shape index (κ2) is 10.8. The highest BCUT2D eigenvalue weighted by atomic mass is 16.2. The third-order valence-electron chi connectivity index (χ3n) is 1.08. The first-order chi connectivity index (χ1) is 6.08. The van der Waals surface area contributed by atoms with Crippen molar-refractivity contribution < 1.29 is 14.4 Å². The smallest absolute Gasteiger partial charge is 0.220 e. The second-order valence-electron chi connectivity index (χ2n) is 2.39. The monoisotopic (exact) mass is 187 g/mol. The van der Waals surface area contributed by atoms with Gasteiger partial charge in [0.2, 0.25) is 5.91 Å². The number of aldehydes is 1. The van der Waals surface area contributed by atoms with E-state index in [0.717, 1.165) is 6.29 Å². The molecule has 0 saturated heterocycles. The molecule has 0 bridgehead atoms. The molecule has 0 aromatic rings. The van der Waals surface area contributed by atoms with Crippen LogP contribution in [0.4, 0.5) is 0 Å². The number of nitrogens with one attached hydrogen (secondary N) is 1. The van der Waals surface area contributed by atoms with Gasteiger partial charge in [0, 0.05) is 19.4 Å². The molecule has 0 aromatic carbocycles. The highest BCUT2D eigenvalue weighted by Gasteiger charge is 2.00. The van der Waals surface area contributed by atoms with Crippen LogP contribution in [0.15, 0.2) is 0 Å². The van der Waals surface area contributed by atoms with Crippen LogP contribution in [0.2, 0.25) is 0 Å². The Morgan fingerprint density at radius 3 is 2.08 bits per heavy atom. The van der Waals surface area contributed by atoms with Crippen molar-refractivity contribution in [1.29, 1.82) is 0 Å². The number of rotatable bonds is 4. The first kappa shape index (κ1) is 14.3. The van der Waals surface area contributed by atoms with E-state index in [4.69, 9.17) is 4.79 Å². The molecule has 0 rings (SSSR count). The van der Waals surface area contributed by atoms with Crippen LogP contribution in [0.25, 0.3) is 0 Å². The zero-order valence-electron chi connectivity index (χ0n) is 8.42. The molecule has 1 N–H and O–H groups in total. The van der Waals surface area contributed by atoms with Crippen LogP contribution in [0.3, 0.4) is 0 Å². The lowest BCUT2D eigenvalue weighted by Gasteiger charge is -1.98. The van der Waals surface area contributed by atoms with Crippen molar-refractivity contribution >= 4 is 18.0 Å². The highest BCUT2D eigenvalue weighted by molar-refractivity contribution is 5.83. The van der Waals surface area contributed by atoms with Crippen LogP contribution in [-0.2, 0) is 14.4 Å². The van der Waals surface area contributed by atoms with E-state index in [1.54, 1.807) is 0 Å². The summed E-state index contributed by atoms with van der Waals surface area (Å²) in [5.74, 6) is 0.0175. The fraction of sp³-hybridized carbons (Fsp3) is 0.667. The van der Waals surface area contributed by atoms with Crippen molar-refractivity contribution in [3.05, 3.63) is 0 Å². The summed E-state index contributed by atoms with van der Waals surface area (Å²) in [6.45, 7) is 5.42. The summed E-state index contributed by atoms with van der Waals surface area (Å²) in [6.07, 6.45) is 1.43. The standard InChI is InChI=1S/C7H13NO2.C2H4O/c1-3-8-7(10)5-4-6(2)9;1-2-3/h3-5H2,1-2H3,(H,8,10);2H,1H3. The third kappa shape index (κ3) is 18.1. The molecule has 1 amide bonds. The molecule has 0 heterocycles. The first-order valence-electron chi connectivity index (χ1n) is 4.24. The largest absolute Gasteiger partial charge is 0.356 e. The van der Waals surface area contributed by atoms with Gasteiger partial charge in [-0.2, -0.15) is 0 Å². The molecule has 76 valence electrons. The summed E-state index contributed by atoms with van der Waals surface area (Å²) in [5, 5.41) is 2.61. The Bertz CT molecular complexity index is 166. The summed E-state index contributed by atoms with van der Waals surface area (Å²) in [6, 6.07) is 0. The average Bonchev–Trinajstić information content (AvgIpc) is 2.03. The summed E-state index contributed by atoms with van der Waals surface area (Å²) < 4.78 is 0. The lowest BCUT2D eigenvalue weighted by Crippen LogP contribution is -2.22. The molecule has 13 heavy (non-hydrogen) atoms. The van der Waals surface area contributed by atoms with Gasteiger partial charge in [0.15, 0.2) is 0 Å². The van der Waals surface area contributed by atoms with Gasteiger partial charge >= 0.3 is 0 Å². The fourth-order valence-corrected chi connectivity index (χ4v) is 0.575. The van der Waals surface area contributed by atoms with Gasteiger partial charge in [0.25, 0.3) is 0 Å². The number of amides is 1. The molecule has 0 aromatic heterocycles. The minimum Gasteiger partial charge on any atom is -0.356 e. The normalized spacial score (nSPS) is 7.92. The van der Waals surface area contributed by atoms with Gasteiger partial charge in [-0.3, -0.25) is 4.79 Å². The lowest BCUT2D eigenvalue weighted by atomic mass is 10.2. The van der Waals surface area contributed by atoms with Gasteiger partial charge < -0.3 is 14.9 Å². The number of ketones is 1. The van der Waals surface area contributed by atoms with Crippen molar-refractivity contribution in [2.45, 2.75) is 33.6 Å². The van der Waals surface area contributed by atoms with Crippen LogP contribution in [-0.4, -0.2) is 24.5 Å². The molecule has 0 aliphatic carbocycles. The molecule has 4 nitrogen and oxygen atoms in total. The number of carbonyl (C=O) groups excluding carboxylic acids is 3. The lowest BCUT2D eigenvalue weighted by molar-refractivity contribution is -0.124. The molecule has 0 atom stereocenters. The SMILES string of the molecule is CC=O.CCNC(=O)CCC(C)=O. The number of Topliss-reactive ketones (excluding diaryl/α,β-unsaturated/α-hetero) is 1. The summed E-state index contributed by atoms with van der Waals surface area (Å²) in [5.41, 5.74) is 0. The molecule has 0 radical (unpaired) electrons. The Hall–Kier alpha value is -1.19. The van der Waals surface area contributed by atoms with E-state index in [9.17, 15) is 9.59 Å². The Morgan fingerprint density at radius 2 is 1.77 bits per heavy atom. The minimum atomic E-state index is -0.0438. The summed E-state index contributed by atoms with van der Waals surface area (Å²) in [7, 11) is 0. The van der Waals surface area contributed by atoms with E-state index in [1.165, 1.54) is 13.8 Å². The quantitative estimate of drug-likeness (QED) is 0.659. The summed E-state index contributed by atoms with van der Waals surface area (Å²) >= 11 is 0. The maximum atomic E-state index is 10.7. The molecule has 0 spiro atoms. The van der Waals surface area contributed by atoms with Crippen molar-refractivity contribution in [3.8, 4) is 0 Å². The predicted octanol–water partition coefficient (Wildman–Crippen LogP) is 0.697. The first-order valence-corrected chi connectivity index (χ1v) is 4.24. The van der Waals surface area contributed by atoms with E-state index in [0.29, 0.717) is 19.4 Å². The van der Waals surface area contributed by atoms with Gasteiger partial charge in [-0.05, 0) is 20.8 Å². The van der Waals surface area contributed by atoms with E-state index in [1.807, 2.05) is 6.92 Å². The zero-order valence-corrected chi connectivity index (χ0v) is 8.42. The molecule has 0 unspecified atom stereocenters. The molecular weight excluding hydrogens is 170 g/mol. The average molecular weight is 187 g/mol.